The number of hydrogen-bond acceptors (Lipinski definition) is 7. The standard InChI is InChI=1S/C18H23N3O5S/c1-7-27(24,25)18(5,6)11-12-8-9-14-13(10-12)15(22)21(20-19-14)26-16(23)17(2,3)4/h7-10H,1,11H2,2-6H3. The maximum absolute atomic E-state index is 12.6. The number of benzene rings is 1. The second-order valence-electron chi connectivity index (χ2n) is 7.90. The summed E-state index contributed by atoms with van der Waals surface area (Å²) in [5, 5.41) is 8.61. The van der Waals surface area contributed by atoms with Gasteiger partial charge in [0.05, 0.1) is 15.5 Å². The van der Waals surface area contributed by atoms with Crippen molar-refractivity contribution in [1.82, 2.24) is 15.2 Å². The van der Waals surface area contributed by atoms with Crippen molar-refractivity contribution in [1.29, 1.82) is 0 Å². The molecular formula is C18H23N3O5S. The first kappa shape index (κ1) is 20.8. The van der Waals surface area contributed by atoms with E-state index in [1.165, 1.54) is 6.07 Å². The van der Waals surface area contributed by atoms with Gasteiger partial charge in [-0.2, -0.15) is 0 Å². The molecule has 0 bridgehead atoms. The fourth-order valence-corrected chi connectivity index (χ4v) is 3.10. The van der Waals surface area contributed by atoms with Crippen LogP contribution in [-0.2, 0) is 21.1 Å². The van der Waals surface area contributed by atoms with Crippen LogP contribution in [0.15, 0.2) is 35.0 Å². The predicted octanol–water partition coefficient (Wildman–Crippen LogP) is 1.67. The third-order valence-electron chi connectivity index (χ3n) is 4.10. The van der Waals surface area contributed by atoms with E-state index in [-0.39, 0.29) is 11.8 Å². The van der Waals surface area contributed by atoms with E-state index in [1.54, 1.807) is 46.8 Å². The van der Waals surface area contributed by atoms with Gasteiger partial charge in [-0.3, -0.25) is 4.79 Å². The van der Waals surface area contributed by atoms with Gasteiger partial charge >= 0.3 is 11.5 Å². The number of carbonyl (C=O) groups excluding carboxylic acids is 1. The van der Waals surface area contributed by atoms with Crippen molar-refractivity contribution in [3.05, 3.63) is 46.1 Å². The zero-order valence-electron chi connectivity index (χ0n) is 16.0. The SMILES string of the molecule is C=CS(=O)(=O)C(C)(C)Cc1ccc2nnn(OC(=O)C(C)(C)C)c(=O)c2c1. The van der Waals surface area contributed by atoms with E-state index in [1.807, 2.05) is 0 Å². The topological polar surface area (TPSA) is 108 Å². The van der Waals surface area contributed by atoms with Gasteiger partial charge in [-0.1, -0.05) is 12.6 Å². The zero-order valence-corrected chi connectivity index (χ0v) is 16.8. The number of rotatable bonds is 5. The summed E-state index contributed by atoms with van der Waals surface area (Å²) in [7, 11) is -3.52. The molecule has 0 aliphatic carbocycles. The third kappa shape index (κ3) is 4.24. The lowest BCUT2D eigenvalue weighted by Gasteiger charge is -2.22. The second-order valence-corrected chi connectivity index (χ2v) is 10.4. The van der Waals surface area contributed by atoms with Crippen LogP contribution in [0.25, 0.3) is 10.9 Å². The van der Waals surface area contributed by atoms with E-state index in [0.717, 1.165) is 5.41 Å². The molecule has 0 amide bonds. The minimum absolute atomic E-state index is 0.167. The van der Waals surface area contributed by atoms with E-state index >= 15 is 0 Å². The molecule has 0 atom stereocenters. The third-order valence-corrected chi connectivity index (χ3v) is 6.22. The molecule has 2 rings (SSSR count). The second kappa shape index (κ2) is 6.88. The molecule has 0 saturated carbocycles. The van der Waals surface area contributed by atoms with Crippen LogP contribution in [0.3, 0.4) is 0 Å². The van der Waals surface area contributed by atoms with E-state index in [9.17, 15) is 18.0 Å². The summed E-state index contributed by atoms with van der Waals surface area (Å²) in [5.74, 6) is -0.632. The van der Waals surface area contributed by atoms with E-state index in [2.05, 4.69) is 16.9 Å². The molecular weight excluding hydrogens is 370 g/mol. The number of aromatic nitrogens is 3. The molecule has 2 aromatic rings. The van der Waals surface area contributed by atoms with Crippen molar-refractivity contribution in [3.8, 4) is 0 Å². The number of hydrogen-bond donors (Lipinski definition) is 0. The minimum atomic E-state index is -3.52. The quantitative estimate of drug-likeness (QED) is 0.711. The van der Waals surface area contributed by atoms with Crippen LogP contribution in [0.5, 0.6) is 0 Å². The largest absolute Gasteiger partial charge is 0.340 e. The maximum atomic E-state index is 12.6. The van der Waals surface area contributed by atoms with E-state index < -0.39 is 31.5 Å². The molecule has 0 aliphatic rings. The Bertz CT molecular complexity index is 1060. The molecule has 0 saturated heterocycles. The summed E-state index contributed by atoms with van der Waals surface area (Å²) >= 11 is 0. The van der Waals surface area contributed by atoms with Crippen LogP contribution in [0.4, 0.5) is 0 Å². The highest BCUT2D eigenvalue weighted by molar-refractivity contribution is 7.95. The summed E-state index contributed by atoms with van der Waals surface area (Å²) in [6.07, 6.45) is 0.167. The fraction of sp³-hybridized carbons (Fsp3) is 0.444. The van der Waals surface area contributed by atoms with Gasteiger partial charge in [-0.15, -0.1) is 5.10 Å². The summed E-state index contributed by atoms with van der Waals surface area (Å²) in [4.78, 5) is 30.2. The number of nitrogens with zero attached hydrogens (tertiary/aromatic N) is 3. The van der Waals surface area contributed by atoms with Gasteiger partial charge < -0.3 is 4.84 Å². The Hall–Kier alpha value is -2.55. The molecule has 1 aromatic carbocycles. The lowest BCUT2D eigenvalue weighted by atomic mass is 9.98. The highest BCUT2D eigenvalue weighted by Gasteiger charge is 2.32. The number of carbonyl (C=O) groups is 1. The van der Waals surface area contributed by atoms with Gasteiger partial charge in [0.2, 0.25) is 0 Å². The van der Waals surface area contributed by atoms with Crippen molar-refractivity contribution in [2.75, 3.05) is 0 Å². The predicted molar refractivity (Wildman–Crippen MR) is 102 cm³/mol. The average Bonchev–Trinajstić information content (AvgIpc) is 2.56. The smallest absolute Gasteiger partial charge is 0.313 e. The molecule has 1 aromatic heterocycles. The van der Waals surface area contributed by atoms with Crippen LogP contribution in [-0.4, -0.2) is 34.3 Å². The lowest BCUT2D eigenvalue weighted by molar-refractivity contribution is -0.156. The van der Waals surface area contributed by atoms with Gasteiger partial charge in [-0.05, 0) is 68.8 Å². The van der Waals surface area contributed by atoms with Crippen molar-refractivity contribution in [2.45, 2.75) is 45.8 Å². The first-order valence-electron chi connectivity index (χ1n) is 8.27. The van der Waals surface area contributed by atoms with Crippen LogP contribution < -0.4 is 10.4 Å². The fourth-order valence-electron chi connectivity index (χ4n) is 2.28. The van der Waals surface area contributed by atoms with Crippen molar-refractivity contribution >= 4 is 26.7 Å². The Labute approximate surface area is 157 Å². The van der Waals surface area contributed by atoms with Crippen molar-refractivity contribution in [3.63, 3.8) is 0 Å². The van der Waals surface area contributed by atoms with Crippen molar-refractivity contribution in [2.24, 2.45) is 5.41 Å². The Morgan fingerprint density at radius 3 is 2.44 bits per heavy atom. The van der Waals surface area contributed by atoms with Gasteiger partial charge in [0.1, 0.15) is 5.52 Å². The minimum Gasteiger partial charge on any atom is -0.313 e. The van der Waals surface area contributed by atoms with Gasteiger partial charge in [0, 0.05) is 5.41 Å². The molecule has 0 radical (unpaired) electrons. The summed E-state index contributed by atoms with van der Waals surface area (Å²) in [5.41, 5.74) is -0.530. The molecule has 146 valence electrons. The molecule has 27 heavy (non-hydrogen) atoms. The van der Waals surface area contributed by atoms with Crippen LogP contribution in [0.1, 0.15) is 40.2 Å². The summed E-state index contributed by atoms with van der Waals surface area (Å²) in [6, 6.07) is 4.79. The Kier molecular flexibility index (Phi) is 5.29. The number of sulfone groups is 1. The van der Waals surface area contributed by atoms with E-state index in [4.69, 9.17) is 4.84 Å². The Balaban J connectivity index is 2.47. The lowest BCUT2D eigenvalue weighted by Crippen LogP contribution is -2.39. The van der Waals surface area contributed by atoms with Gasteiger partial charge in [0.15, 0.2) is 9.84 Å². The zero-order chi connectivity index (χ0) is 20.6. The molecule has 8 nitrogen and oxygen atoms in total. The van der Waals surface area contributed by atoms with Crippen LogP contribution >= 0.6 is 0 Å². The highest BCUT2D eigenvalue weighted by atomic mass is 32.2. The van der Waals surface area contributed by atoms with Gasteiger partial charge in [0.25, 0.3) is 0 Å². The molecule has 0 aliphatic heterocycles. The Morgan fingerprint density at radius 2 is 1.89 bits per heavy atom. The molecule has 0 fully saturated rings. The summed E-state index contributed by atoms with van der Waals surface area (Å²) < 4.78 is 23.2. The number of fused-ring (bicyclic) bond motifs is 1. The van der Waals surface area contributed by atoms with Gasteiger partial charge in [-0.25, -0.2) is 13.2 Å². The van der Waals surface area contributed by atoms with E-state index in [0.29, 0.717) is 15.9 Å². The van der Waals surface area contributed by atoms with Crippen molar-refractivity contribution < 1.29 is 18.0 Å². The van der Waals surface area contributed by atoms with Crippen LogP contribution in [0, 0.1) is 5.41 Å². The monoisotopic (exact) mass is 393 g/mol. The summed E-state index contributed by atoms with van der Waals surface area (Å²) in [6.45, 7) is 11.5. The Morgan fingerprint density at radius 1 is 1.26 bits per heavy atom. The highest BCUT2D eigenvalue weighted by Crippen LogP contribution is 2.24. The molecule has 0 unspecified atom stereocenters. The average molecular weight is 393 g/mol. The normalized spacial score (nSPS) is 12.8. The first-order valence-corrected chi connectivity index (χ1v) is 9.82. The molecule has 0 spiro atoms. The molecule has 1 heterocycles. The molecule has 9 heteroatoms. The van der Waals surface area contributed by atoms with Crippen LogP contribution in [0.2, 0.25) is 0 Å². The molecule has 0 N–H and O–H groups in total. The first-order chi connectivity index (χ1) is 12.3. The maximum Gasteiger partial charge on any atom is 0.340 e.